The highest BCUT2D eigenvalue weighted by Gasteiger charge is 2.23. The summed E-state index contributed by atoms with van der Waals surface area (Å²) in [6.07, 6.45) is 0. The molecule has 4 nitrogen and oxygen atoms in total. The number of hydrogen-bond donors (Lipinski definition) is 0. The number of aromatic nitrogens is 1. The fraction of sp³-hybridized carbons (Fsp3) is 0. The topological polar surface area (TPSA) is 42.4 Å². The number of hydrogen-bond acceptors (Lipinski definition) is 4. The molecule has 0 saturated heterocycles. The summed E-state index contributed by atoms with van der Waals surface area (Å²) in [7, 11) is 0. The third kappa shape index (κ3) is 4.91. The van der Waals surface area contributed by atoms with Gasteiger partial charge in [-0.05, 0) is 80.3 Å². The highest BCUT2D eigenvalue weighted by Crippen LogP contribution is 2.47. The maximum atomic E-state index is 6.75. The van der Waals surface area contributed by atoms with Crippen LogP contribution in [0.5, 0.6) is 0 Å². The van der Waals surface area contributed by atoms with Crippen LogP contribution in [0.3, 0.4) is 0 Å². The predicted molar refractivity (Wildman–Crippen MR) is 237 cm³/mol. The van der Waals surface area contributed by atoms with Crippen LogP contribution in [0.1, 0.15) is 0 Å². The standard InChI is InChI=1S/C53H32N2O2/c1-2-12-33(13-3-1)39-18-8-9-21-46(39)55(47-22-10-16-36-25-28-41-38-17-6-4-14-34(38)24-29-42(41)50(36)47)37-27-30-43-49(32-37)56-48-23-11-20-44(51(43)48)53-54-45-31-26-35-15-5-7-19-40(35)52(45)57-53/h1-32H. The first-order valence-electron chi connectivity index (χ1n) is 19.3. The number of nitrogens with zero attached hydrogens (tertiary/aromatic N) is 2. The Morgan fingerprint density at radius 1 is 0.386 bits per heavy atom. The molecule has 0 atom stereocenters. The molecule has 0 N–H and O–H groups in total. The van der Waals surface area contributed by atoms with Gasteiger partial charge < -0.3 is 13.7 Å². The molecule has 12 aromatic rings. The van der Waals surface area contributed by atoms with Crippen LogP contribution in [0.25, 0.3) is 98.7 Å². The summed E-state index contributed by atoms with van der Waals surface area (Å²) in [6, 6.07) is 68.7. The van der Waals surface area contributed by atoms with Crippen molar-refractivity contribution in [2.45, 2.75) is 0 Å². The van der Waals surface area contributed by atoms with E-state index in [0.29, 0.717) is 5.89 Å². The largest absolute Gasteiger partial charge is 0.456 e. The molecule has 0 radical (unpaired) electrons. The molecule has 0 spiro atoms. The van der Waals surface area contributed by atoms with E-state index in [-0.39, 0.29) is 0 Å². The Balaban J connectivity index is 1.11. The van der Waals surface area contributed by atoms with Gasteiger partial charge in [-0.15, -0.1) is 0 Å². The summed E-state index contributed by atoms with van der Waals surface area (Å²) < 4.78 is 13.3. The molecule has 0 fully saturated rings. The van der Waals surface area contributed by atoms with E-state index in [2.05, 4.69) is 169 Å². The van der Waals surface area contributed by atoms with Gasteiger partial charge in [0.1, 0.15) is 16.7 Å². The number of rotatable bonds is 5. The van der Waals surface area contributed by atoms with E-state index >= 15 is 0 Å². The lowest BCUT2D eigenvalue weighted by atomic mass is 9.95. The molecule has 0 bridgehead atoms. The van der Waals surface area contributed by atoms with Crippen molar-refractivity contribution in [3.63, 3.8) is 0 Å². The van der Waals surface area contributed by atoms with Gasteiger partial charge >= 0.3 is 0 Å². The lowest BCUT2D eigenvalue weighted by Crippen LogP contribution is -2.12. The van der Waals surface area contributed by atoms with E-state index in [0.717, 1.165) is 77.6 Å². The Morgan fingerprint density at radius 3 is 1.96 bits per heavy atom. The molecule has 266 valence electrons. The molecule has 0 saturated carbocycles. The first-order valence-corrected chi connectivity index (χ1v) is 19.3. The molecule has 2 heterocycles. The number of para-hydroxylation sites is 1. The number of benzene rings is 10. The second-order valence-corrected chi connectivity index (χ2v) is 14.7. The summed E-state index contributed by atoms with van der Waals surface area (Å²) in [5.74, 6) is 0.576. The van der Waals surface area contributed by atoms with Gasteiger partial charge in [0.15, 0.2) is 5.58 Å². The van der Waals surface area contributed by atoms with Crippen molar-refractivity contribution in [1.82, 2.24) is 4.98 Å². The van der Waals surface area contributed by atoms with Crippen molar-refractivity contribution in [2.75, 3.05) is 4.90 Å². The fourth-order valence-corrected chi connectivity index (χ4v) is 8.88. The van der Waals surface area contributed by atoms with Gasteiger partial charge in [0.05, 0.1) is 11.4 Å². The Bertz CT molecular complexity index is 3540. The second-order valence-electron chi connectivity index (χ2n) is 14.7. The minimum absolute atomic E-state index is 0.576. The van der Waals surface area contributed by atoms with Crippen molar-refractivity contribution in [1.29, 1.82) is 0 Å². The lowest BCUT2D eigenvalue weighted by Gasteiger charge is -2.29. The Morgan fingerprint density at radius 2 is 1.05 bits per heavy atom. The molecule has 4 heteroatoms. The summed E-state index contributed by atoms with van der Waals surface area (Å²) in [5, 5.41) is 11.4. The van der Waals surface area contributed by atoms with Crippen molar-refractivity contribution in [3.05, 3.63) is 194 Å². The highest BCUT2D eigenvalue weighted by molar-refractivity contribution is 6.22. The third-order valence-corrected chi connectivity index (χ3v) is 11.5. The zero-order valence-corrected chi connectivity index (χ0v) is 30.7. The molecule has 57 heavy (non-hydrogen) atoms. The minimum Gasteiger partial charge on any atom is -0.456 e. The molecule has 0 amide bonds. The lowest BCUT2D eigenvalue weighted by molar-refractivity contribution is 0.623. The molecule has 0 aliphatic heterocycles. The van der Waals surface area contributed by atoms with E-state index in [1.807, 2.05) is 30.3 Å². The Labute approximate surface area is 327 Å². The van der Waals surface area contributed by atoms with Crippen molar-refractivity contribution < 1.29 is 8.83 Å². The van der Waals surface area contributed by atoms with Crippen LogP contribution in [0.2, 0.25) is 0 Å². The van der Waals surface area contributed by atoms with Crippen molar-refractivity contribution in [3.8, 4) is 22.6 Å². The van der Waals surface area contributed by atoms with Crippen LogP contribution in [-0.2, 0) is 0 Å². The second kappa shape index (κ2) is 12.4. The van der Waals surface area contributed by atoms with E-state index < -0.39 is 0 Å². The van der Waals surface area contributed by atoms with Crippen LogP contribution >= 0.6 is 0 Å². The van der Waals surface area contributed by atoms with Crippen LogP contribution < -0.4 is 4.90 Å². The molecule has 10 aromatic carbocycles. The molecular formula is C53H32N2O2. The molecule has 0 aliphatic carbocycles. The van der Waals surface area contributed by atoms with Crippen molar-refractivity contribution in [2.24, 2.45) is 0 Å². The SMILES string of the molecule is c1ccc(-c2ccccc2N(c2ccc3c(c2)oc2cccc(-c4nc5ccc6ccccc6c5o4)c23)c2cccc3ccc4c5ccccc5ccc4c23)cc1. The van der Waals surface area contributed by atoms with Crippen LogP contribution in [0, 0.1) is 0 Å². The van der Waals surface area contributed by atoms with E-state index in [9.17, 15) is 0 Å². The maximum Gasteiger partial charge on any atom is 0.228 e. The van der Waals surface area contributed by atoms with E-state index in [4.69, 9.17) is 13.8 Å². The zero-order valence-electron chi connectivity index (χ0n) is 30.7. The van der Waals surface area contributed by atoms with Gasteiger partial charge in [0.2, 0.25) is 5.89 Å². The Kier molecular flexibility index (Phi) is 6.89. The summed E-state index contributed by atoms with van der Waals surface area (Å²) >= 11 is 0. The molecule has 12 rings (SSSR count). The van der Waals surface area contributed by atoms with Gasteiger partial charge in [0, 0.05) is 44.4 Å². The van der Waals surface area contributed by atoms with E-state index in [1.54, 1.807) is 0 Å². The first kappa shape index (κ1) is 31.6. The van der Waals surface area contributed by atoms with Gasteiger partial charge in [0.25, 0.3) is 0 Å². The summed E-state index contributed by atoms with van der Waals surface area (Å²) in [4.78, 5) is 7.39. The average Bonchev–Trinajstić information content (AvgIpc) is 3.89. The van der Waals surface area contributed by atoms with Gasteiger partial charge in [-0.2, -0.15) is 0 Å². The van der Waals surface area contributed by atoms with Gasteiger partial charge in [-0.25, -0.2) is 4.98 Å². The maximum absolute atomic E-state index is 6.75. The normalized spacial score (nSPS) is 11.9. The smallest absolute Gasteiger partial charge is 0.228 e. The molecule has 0 aliphatic rings. The highest BCUT2D eigenvalue weighted by atomic mass is 16.3. The summed E-state index contributed by atoms with van der Waals surface area (Å²) in [6.45, 7) is 0. The fourth-order valence-electron chi connectivity index (χ4n) is 8.88. The summed E-state index contributed by atoms with van der Waals surface area (Å²) in [5.41, 5.74) is 9.53. The van der Waals surface area contributed by atoms with Crippen LogP contribution in [0.4, 0.5) is 17.1 Å². The molecular weight excluding hydrogens is 697 g/mol. The van der Waals surface area contributed by atoms with E-state index in [1.165, 1.54) is 32.3 Å². The molecule has 0 unspecified atom stereocenters. The van der Waals surface area contributed by atoms with Crippen LogP contribution in [0.15, 0.2) is 203 Å². The van der Waals surface area contributed by atoms with Gasteiger partial charge in [-0.1, -0.05) is 146 Å². The minimum atomic E-state index is 0.576. The first-order chi connectivity index (χ1) is 28.3. The monoisotopic (exact) mass is 728 g/mol. The third-order valence-electron chi connectivity index (χ3n) is 11.5. The number of furan rings is 1. The van der Waals surface area contributed by atoms with Gasteiger partial charge in [-0.3, -0.25) is 0 Å². The average molecular weight is 729 g/mol. The predicted octanol–water partition coefficient (Wildman–Crippen LogP) is 15.1. The molecule has 2 aromatic heterocycles. The number of anilines is 3. The number of fused-ring (bicyclic) bond motifs is 11. The van der Waals surface area contributed by atoms with Crippen molar-refractivity contribution >= 4 is 93.2 Å². The number of oxazole rings is 1. The van der Waals surface area contributed by atoms with Crippen LogP contribution in [-0.4, -0.2) is 4.98 Å². The zero-order chi connectivity index (χ0) is 37.5. The quantitative estimate of drug-likeness (QED) is 0.166. The Hall–Kier alpha value is -7.69.